The Morgan fingerprint density at radius 3 is 2.35 bits per heavy atom. The summed E-state index contributed by atoms with van der Waals surface area (Å²) < 4.78 is 5.27. The fourth-order valence-corrected chi connectivity index (χ4v) is 3.60. The highest BCUT2D eigenvalue weighted by atomic mass is 16.5. The molecule has 0 bridgehead atoms. The number of rotatable bonds is 5. The molecular weight excluding hydrogens is 246 g/mol. The fraction of sp³-hybridized carbons (Fsp3) is 0.667. The monoisotopic (exact) mass is 273 g/mol. The van der Waals surface area contributed by atoms with Crippen molar-refractivity contribution in [2.75, 3.05) is 7.11 Å². The van der Waals surface area contributed by atoms with Crippen molar-refractivity contribution in [2.24, 2.45) is 11.3 Å². The molecule has 2 nitrogen and oxygen atoms in total. The van der Waals surface area contributed by atoms with Crippen LogP contribution in [0.5, 0.6) is 5.75 Å². The van der Waals surface area contributed by atoms with Gasteiger partial charge in [-0.2, -0.15) is 0 Å². The molecule has 2 heteroatoms. The Balaban J connectivity index is 1.75. The van der Waals surface area contributed by atoms with Crippen LogP contribution >= 0.6 is 0 Å². The Bertz CT molecular complexity index is 447. The van der Waals surface area contributed by atoms with Crippen LogP contribution in [0.3, 0.4) is 0 Å². The molecule has 2 atom stereocenters. The highest BCUT2D eigenvalue weighted by Crippen LogP contribution is 2.45. The summed E-state index contributed by atoms with van der Waals surface area (Å²) >= 11 is 0. The summed E-state index contributed by atoms with van der Waals surface area (Å²) in [5.74, 6) is 1.78. The molecule has 2 aliphatic rings. The number of nitrogens with one attached hydrogen (secondary N) is 1. The minimum Gasteiger partial charge on any atom is -0.497 e. The summed E-state index contributed by atoms with van der Waals surface area (Å²) in [6.45, 7) is 4.82. The SMILES string of the molecule is COc1ccc(C(NC2CCCC2(C)C)C2CC2)cc1. The number of benzene rings is 1. The highest BCUT2D eigenvalue weighted by molar-refractivity contribution is 5.30. The maximum Gasteiger partial charge on any atom is 0.118 e. The summed E-state index contributed by atoms with van der Waals surface area (Å²) in [5.41, 5.74) is 1.87. The number of methoxy groups -OCH3 is 1. The van der Waals surface area contributed by atoms with Gasteiger partial charge in [-0.05, 0) is 54.7 Å². The van der Waals surface area contributed by atoms with Crippen molar-refractivity contribution in [3.63, 3.8) is 0 Å². The fourth-order valence-electron chi connectivity index (χ4n) is 3.60. The van der Waals surface area contributed by atoms with E-state index in [0.29, 0.717) is 17.5 Å². The topological polar surface area (TPSA) is 21.3 Å². The minimum atomic E-state index is 0.444. The third kappa shape index (κ3) is 2.85. The molecule has 20 heavy (non-hydrogen) atoms. The molecule has 0 spiro atoms. The molecule has 0 amide bonds. The van der Waals surface area contributed by atoms with Crippen molar-refractivity contribution in [1.82, 2.24) is 5.32 Å². The molecule has 3 rings (SSSR count). The minimum absolute atomic E-state index is 0.444. The molecule has 2 saturated carbocycles. The van der Waals surface area contributed by atoms with E-state index in [4.69, 9.17) is 4.74 Å². The zero-order valence-electron chi connectivity index (χ0n) is 13.0. The Labute approximate surface area is 122 Å². The van der Waals surface area contributed by atoms with Gasteiger partial charge >= 0.3 is 0 Å². The molecule has 1 aromatic carbocycles. The van der Waals surface area contributed by atoms with Crippen LogP contribution in [0.15, 0.2) is 24.3 Å². The molecule has 2 aliphatic carbocycles. The molecule has 0 aromatic heterocycles. The maximum atomic E-state index is 5.27. The normalized spacial score (nSPS) is 26.4. The lowest BCUT2D eigenvalue weighted by molar-refractivity contribution is 0.252. The van der Waals surface area contributed by atoms with Gasteiger partial charge in [0, 0.05) is 12.1 Å². The first-order valence-corrected chi connectivity index (χ1v) is 8.00. The molecule has 2 fully saturated rings. The van der Waals surface area contributed by atoms with Gasteiger partial charge in [0.15, 0.2) is 0 Å². The Hall–Kier alpha value is -1.02. The van der Waals surface area contributed by atoms with E-state index in [-0.39, 0.29) is 0 Å². The zero-order valence-corrected chi connectivity index (χ0v) is 13.0. The van der Waals surface area contributed by atoms with Crippen molar-refractivity contribution >= 4 is 0 Å². The second-order valence-electron chi connectivity index (χ2n) is 7.19. The molecule has 0 radical (unpaired) electrons. The van der Waals surface area contributed by atoms with Gasteiger partial charge < -0.3 is 10.1 Å². The van der Waals surface area contributed by atoms with Gasteiger partial charge in [0.25, 0.3) is 0 Å². The second kappa shape index (κ2) is 5.40. The first kappa shape index (κ1) is 13.9. The lowest BCUT2D eigenvalue weighted by atomic mass is 9.86. The van der Waals surface area contributed by atoms with Crippen LogP contribution in [0.25, 0.3) is 0 Å². The predicted molar refractivity (Wildman–Crippen MR) is 83.0 cm³/mol. The van der Waals surface area contributed by atoms with Crippen LogP contribution in [-0.4, -0.2) is 13.2 Å². The molecule has 0 aliphatic heterocycles. The van der Waals surface area contributed by atoms with E-state index in [2.05, 4.69) is 43.4 Å². The summed E-state index contributed by atoms with van der Waals surface area (Å²) in [5, 5.41) is 3.98. The van der Waals surface area contributed by atoms with Crippen LogP contribution < -0.4 is 10.1 Å². The molecule has 0 saturated heterocycles. The molecule has 1 aromatic rings. The number of hydrogen-bond acceptors (Lipinski definition) is 2. The van der Waals surface area contributed by atoms with Crippen LogP contribution in [0.2, 0.25) is 0 Å². The van der Waals surface area contributed by atoms with Crippen molar-refractivity contribution < 1.29 is 4.74 Å². The molecule has 1 N–H and O–H groups in total. The van der Waals surface area contributed by atoms with Crippen molar-refractivity contribution in [3.05, 3.63) is 29.8 Å². The standard InChI is InChI=1S/C18H27NO/c1-18(2)12-4-5-16(18)19-17(13-6-7-13)14-8-10-15(20-3)11-9-14/h8-11,13,16-17,19H,4-7,12H2,1-3H3. The van der Waals surface area contributed by atoms with Crippen molar-refractivity contribution in [1.29, 1.82) is 0 Å². The molecule has 110 valence electrons. The first-order chi connectivity index (χ1) is 9.60. The van der Waals surface area contributed by atoms with Crippen molar-refractivity contribution in [2.45, 2.75) is 58.0 Å². The van der Waals surface area contributed by atoms with Crippen LogP contribution in [0.4, 0.5) is 0 Å². The van der Waals surface area contributed by atoms with Gasteiger partial charge in [-0.15, -0.1) is 0 Å². The number of ether oxygens (including phenoxy) is 1. The summed E-state index contributed by atoms with van der Waals surface area (Å²) in [4.78, 5) is 0. The van der Waals surface area contributed by atoms with E-state index in [1.54, 1.807) is 7.11 Å². The smallest absolute Gasteiger partial charge is 0.118 e. The van der Waals surface area contributed by atoms with E-state index in [1.807, 2.05) is 0 Å². The van der Waals surface area contributed by atoms with Gasteiger partial charge in [0.1, 0.15) is 5.75 Å². The zero-order chi connectivity index (χ0) is 14.2. The van der Waals surface area contributed by atoms with Gasteiger partial charge in [-0.1, -0.05) is 32.4 Å². The third-order valence-corrected chi connectivity index (χ3v) is 5.21. The Kier molecular flexibility index (Phi) is 3.76. The van der Waals surface area contributed by atoms with E-state index in [9.17, 15) is 0 Å². The van der Waals surface area contributed by atoms with Gasteiger partial charge in [0.05, 0.1) is 7.11 Å². The molecule has 2 unspecified atom stereocenters. The van der Waals surface area contributed by atoms with Gasteiger partial charge in [-0.3, -0.25) is 0 Å². The number of hydrogen-bond donors (Lipinski definition) is 1. The lowest BCUT2D eigenvalue weighted by Crippen LogP contribution is -2.40. The average Bonchev–Trinajstić information content (AvgIpc) is 3.22. The van der Waals surface area contributed by atoms with E-state index < -0.39 is 0 Å². The summed E-state index contributed by atoms with van der Waals surface area (Å²) in [6, 6.07) is 9.84. The van der Waals surface area contributed by atoms with Gasteiger partial charge in [0.2, 0.25) is 0 Å². The quantitative estimate of drug-likeness (QED) is 0.863. The largest absolute Gasteiger partial charge is 0.497 e. The highest BCUT2D eigenvalue weighted by Gasteiger charge is 2.39. The van der Waals surface area contributed by atoms with Gasteiger partial charge in [-0.25, -0.2) is 0 Å². The second-order valence-corrected chi connectivity index (χ2v) is 7.19. The Morgan fingerprint density at radius 2 is 1.85 bits per heavy atom. The van der Waals surface area contributed by atoms with Crippen LogP contribution in [0.1, 0.15) is 57.6 Å². The first-order valence-electron chi connectivity index (χ1n) is 8.00. The maximum absolute atomic E-state index is 5.27. The molecule has 0 heterocycles. The van der Waals surface area contributed by atoms with Crippen molar-refractivity contribution in [3.8, 4) is 5.75 Å². The van der Waals surface area contributed by atoms with Crippen LogP contribution in [-0.2, 0) is 0 Å². The van der Waals surface area contributed by atoms with E-state index in [0.717, 1.165) is 11.7 Å². The van der Waals surface area contributed by atoms with Crippen LogP contribution in [0, 0.1) is 11.3 Å². The summed E-state index contributed by atoms with van der Waals surface area (Å²) in [7, 11) is 1.73. The average molecular weight is 273 g/mol. The third-order valence-electron chi connectivity index (χ3n) is 5.21. The lowest BCUT2D eigenvalue weighted by Gasteiger charge is -2.32. The predicted octanol–water partition coefficient (Wildman–Crippen LogP) is 4.31. The summed E-state index contributed by atoms with van der Waals surface area (Å²) in [6.07, 6.45) is 6.79. The van der Waals surface area contributed by atoms with E-state index >= 15 is 0 Å². The molecular formula is C18H27NO. The Morgan fingerprint density at radius 1 is 1.15 bits per heavy atom. The van der Waals surface area contributed by atoms with E-state index in [1.165, 1.54) is 37.7 Å².